The van der Waals surface area contributed by atoms with E-state index in [1.807, 2.05) is 19.2 Å². The van der Waals surface area contributed by atoms with Gasteiger partial charge in [0, 0.05) is 12.2 Å². The third-order valence-corrected chi connectivity index (χ3v) is 3.09. The van der Waals surface area contributed by atoms with Crippen molar-refractivity contribution in [3.05, 3.63) is 24.0 Å². The van der Waals surface area contributed by atoms with Gasteiger partial charge in [-0.3, -0.25) is 4.98 Å². The predicted molar refractivity (Wildman–Crippen MR) is 59.7 cm³/mol. The SMILES string of the molecule is CCOc1cncc(C(N)C2CCC2)c1. The molecule has 1 aliphatic carbocycles. The first-order chi connectivity index (χ1) is 7.31. The molecule has 0 amide bonds. The highest BCUT2D eigenvalue weighted by Gasteiger charge is 2.25. The number of ether oxygens (including phenoxy) is 1. The van der Waals surface area contributed by atoms with Crippen LogP contribution in [0.25, 0.3) is 0 Å². The summed E-state index contributed by atoms with van der Waals surface area (Å²) in [5.74, 6) is 1.47. The summed E-state index contributed by atoms with van der Waals surface area (Å²) in [5.41, 5.74) is 7.27. The summed E-state index contributed by atoms with van der Waals surface area (Å²) in [5, 5.41) is 0. The normalized spacial score (nSPS) is 18.3. The Hall–Kier alpha value is -1.09. The molecule has 82 valence electrons. The lowest BCUT2D eigenvalue weighted by Gasteiger charge is -2.31. The molecule has 1 atom stereocenters. The van der Waals surface area contributed by atoms with E-state index in [1.165, 1.54) is 19.3 Å². The second-order valence-electron chi connectivity index (χ2n) is 4.10. The zero-order chi connectivity index (χ0) is 10.7. The van der Waals surface area contributed by atoms with E-state index >= 15 is 0 Å². The van der Waals surface area contributed by atoms with Crippen molar-refractivity contribution in [2.75, 3.05) is 6.61 Å². The summed E-state index contributed by atoms with van der Waals surface area (Å²) in [6, 6.07) is 2.14. The molecule has 3 heteroatoms. The number of rotatable bonds is 4. The molecule has 3 nitrogen and oxygen atoms in total. The molecular weight excluding hydrogens is 188 g/mol. The van der Waals surface area contributed by atoms with Crippen molar-refractivity contribution in [3.63, 3.8) is 0 Å². The third-order valence-electron chi connectivity index (χ3n) is 3.09. The Balaban J connectivity index is 2.09. The molecule has 1 fully saturated rings. The molecular formula is C12H18N2O. The molecule has 0 spiro atoms. The molecule has 1 aromatic rings. The summed E-state index contributed by atoms with van der Waals surface area (Å²) < 4.78 is 5.41. The van der Waals surface area contributed by atoms with Gasteiger partial charge in [-0.2, -0.15) is 0 Å². The maximum atomic E-state index is 6.17. The Morgan fingerprint density at radius 3 is 2.93 bits per heavy atom. The minimum absolute atomic E-state index is 0.131. The molecule has 0 saturated heterocycles. The summed E-state index contributed by atoms with van der Waals surface area (Å²) in [6.07, 6.45) is 7.41. The van der Waals surface area contributed by atoms with Gasteiger partial charge in [0.1, 0.15) is 5.75 Å². The Labute approximate surface area is 90.7 Å². The molecule has 0 aliphatic heterocycles. The topological polar surface area (TPSA) is 48.1 Å². The van der Waals surface area contributed by atoms with E-state index in [1.54, 1.807) is 6.20 Å². The van der Waals surface area contributed by atoms with E-state index in [9.17, 15) is 0 Å². The zero-order valence-corrected chi connectivity index (χ0v) is 9.15. The second-order valence-corrected chi connectivity index (χ2v) is 4.10. The monoisotopic (exact) mass is 206 g/mol. The third kappa shape index (κ3) is 2.29. The van der Waals surface area contributed by atoms with Gasteiger partial charge < -0.3 is 10.5 Å². The Kier molecular flexibility index (Phi) is 3.21. The van der Waals surface area contributed by atoms with Crippen molar-refractivity contribution >= 4 is 0 Å². The average Bonchev–Trinajstić information content (AvgIpc) is 2.16. The van der Waals surface area contributed by atoms with Crippen molar-refractivity contribution < 1.29 is 4.74 Å². The van der Waals surface area contributed by atoms with E-state index < -0.39 is 0 Å². The fraction of sp³-hybridized carbons (Fsp3) is 0.583. The molecule has 1 aliphatic rings. The van der Waals surface area contributed by atoms with Crippen LogP contribution in [0.3, 0.4) is 0 Å². The van der Waals surface area contributed by atoms with Crippen LogP contribution >= 0.6 is 0 Å². The zero-order valence-electron chi connectivity index (χ0n) is 9.15. The van der Waals surface area contributed by atoms with E-state index in [0.717, 1.165) is 11.3 Å². The number of pyridine rings is 1. The van der Waals surface area contributed by atoms with Gasteiger partial charge in [0.25, 0.3) is 0 Å². The highest BCUT2D eigenvalue weighted by atomic mass is 16.5. The van der Waals surface area contributed by atoms with Gasteiger partial charge in [0.15, 0.2) is 0 Å². The Bertz CT molecular complexity index is 323. The van der Waals surface area contributed by atoms with E-state index in [2.05, 4.69) is 4.98 Å². The van der Waals surface area contributed by atoms with Crippen LogP contribution in [-0.4, -0.2) is 11.6 Å². The first-order valence-electron chi connectivity index (χ1n) is 5.64. The fourth-order valence-corrected chi connectivity index (χ4v) is 1.93. The van der Waals surface area contributed by atoms with Gasteiger partial charge in [0.05, 0.1) is 12.8 Å². The summed E-state index contributed by atoms with van der Waals surface area (Å²) in [7, 11) is 0. The number of nitrogens with two attached hydrogens (primary N) is 1. The van der Waals surface area contributed by atoms with Crippen molar-refractivity contribution in [3.8, 4) is 5.75 Å². The molecule has 1 saturated carbocycles. The van der Waals surface area contributed by atoms with Crippen LogP contribution in [0.2, 0.25) is 0 Å². The number of hydrogen-bond donors (Lipinski definition) is 1. The average molecular weight is 206 g/mol. The lowest BCUT2D eigenvalue weighted by molar-refractivity contribution is 0.263. The highest BCUT2D eigenvalue weighted by molar-refractivity contribution is 5.26. The van der Waals surface area contributed by atoms with Crippen LogP contribution in [0, 0.1) is 5.92 Å². The number of hydrogen-bond acceptors (Lipinski definition) is 3. The maximum absolute atomic E-state index is 6.17. The standard InChI is InChI=1S/C12H18N2O/c1-2-15-11-6-10(7-14-8-11)12(13)9-4-3-5-9/h6-9,12H,2-5,13H2,1H3. The molecule has 1 heterocycles. The minimum atomic E-state index is 0.131. The van der Waals surface area contributed by atoms with Gasteiger partial charge in [-0.1, -0.05) is 6.42 Å². The smallest absolute Gasteiger partial charge is 0.137 e. The molecule has 1 unspecified atom stereocenters. The summed E-state index contributed by atoms with van der Waals surface area (Å²) in [6.45, 7) is 2.64. The predicted octanol–water partition coefficient (Wildman–Crippen LogP) is 2.28. The van der Waals surface area contributed by atoms with Crippen LogP contribution in [0.5, 0.6) is 5.75 Å². The lowest BCUT2D eigenvalue weighted by Crippen LogP contribution is -2.26. The van der Waals surface area contributed by atoms with E-state index in [0.29, 0.717) is 12.5 Å². The molecule has 0 radical (unpaired) electrons. The van der Waals surface area contributed by atoms with Crippen molar-refractivity contribution in [2.24, 2.45) is 11.7 Å². The van der Waals surface area contributed by atoms with Crippen molar-refractivity contribution in [1.82, 2.24) is 4.98 Å². The molecule has 0 bridgehead atoms. The van der Waals surface area contributed by atoms with Gasteiger partial charge in [0.2, 0.25) is 0 Å². The van der Waals surface area contributed by atoms with Crippen LogP contribution in [0.15, 0.2) is 18.5 Å². The van der Waals surface area contributed by atoms with E-state index in [-0.39, 0.29) is 6.04 Å². The summed E-state index contributed by atoms with van der Waals surface area (Å²) >= 11 is 0. The first-order valence-corrected chi connectivity index (χ1v) is 5.64. The van der Waals surface area contributed by atoms with Crippen LogP contribution in [0.4, 0.5) is 0 Å². The molecule has 2 rings (SSSR count). The molecule has 0 aromatic carbocycles. The van der Waals surface area contributed by atoms with Crippen molar-refractivity contribution in [2.45, 2.75) is 32.2 Å². The highest BCUT2D eigenvalue weighted by Crippen LogP contribution is 2.36. The fourth-order valence-electron chi connectivity index (χ4n) is 1.93. The maximum Gasteiger partial charge on any atom is 0.137 e. The van der Waals surface area contributed by atoms with Gasteiger partial charge >= 0.3 is 0 Å². The largest absolute Gasteiger partial charge is 0.492 e. The van der Waals surface area contributed by atoms with Crippen LogP contribution < -0.4 is 10.5 Å². The lowest BCUT2D eigenvalue weighted by atomic mass is 9.78. The number of aromatic nitrogens is 1. The Morgan fingerprint density at radius 2 is 2.33 bits per heavy atom. The molecule has 15 heavy (non-hydrogen) atoms. The van der Waals surface area contributed by atoms with Crippen LogP contribution in [-0.2, 0) is 0 Å². The van der Waals surface area contributed by atoms with Gasteiger partial charge in [-0.05, 0) is 37.3 Å². The molecule has 1 aromatic heterocycles. The second kappa shape index (κ2) is 4.62. The Morgan fingerprint density at radius 1 is 1.53 bits per heavy atom. The first kappa shape index (κ1) is 10.4. The van der Waals surface area contributed by atoms with Crippen LogP contribution in [0.1, 0.15) is 37.8 Å². The molecule has 2 N–H and O–H groups in total. The quantitative estimate of drug-likeness (QED) is 0.822. The number of nitrogens with zero attached hydrogens (tertiary/aromatic N) is 1. The summed E-state index contributed by atoms with van der Waals surface area (Å²) in [4.78, 5) is 4.16. The van der Waals surface area contributed by atoms with Gasteiger partial charge in [-0.25, -0.2) is 0 Å². The van der Waals surface area contributed by atoms with E-state index in [4.69, 9.17) is 10.5 Å². The minimum Gasteiger partial charge on any atom is -0.492 e. The van der Waals surface area contributed by atoms with Crippen molar-refractivity contribution in [1.29, 1.82) is 0 Å². The van der Waals surface area contributed by atoms with Gasteiger partial charge in [-0.15, -0.1) is 0 Å².